The summed E-state index contributed by atoms with van der Waals surface area (Å²) in [5.74, 6) is 1.12. The van der Waals surface area contributed by atoms with E-state index in [0.29, 0.717) is 24.5 Å². The minimum atomic E-state index is -0.191. The zero-order valence-electron chi connectivity index (χ0n) is 16.8. The van der Waals surface area contributed by atoms with Crippen LogP contribution in [0, 0.1) is 12.8 Å². The number of para-hydroxylation sites is 2. The number of ether oxygens (including phenoxy) is 4. The molecule has 4 rings (SSSR count). The zero-order valence-corrected chi connectivity index (χ0v) is 16.8. The molecule has 1 aliphatic carbocycles. The number of hydrogen-bond acceptors (Lipinski definition) is 5. The maximum absolute atomic E-state index is 12.9. The minimum absolute atomic E-state index is 0.0101. The average molecular weight is 394 g/mol. The molecule has 2 aromatic rings. The summed E-state index contributed by atoms with van der Waals surface area (Å²) in [6.45, 7) is 2.65. The van der Waals surface area contributed by atoms with Crippen LogP contribution in [-0.2, 0) is 20.9 Å². The fraction of sp³-hybridized carbons (Fsp3) is 0.375. The van der Waals surface area contributed by atoms with Crippen LogP contribution < -0.4 is 9.47 Å². The monoisotopic (exact) mass is 394 g/mol. The van der Waals surface area contributed by atoms with Crippen molar-refractivity contribution in [3.05, 3.63) is 71.7 Å². The lowest BCUT2D eigenvalue weighted by molar-refractivity contribution is -0.134. The normalized spacial score (nSPS) is 23.6. The number of Topliss-reactive ketones (excluding diaryl/α,β-unsaturated/α-hetero) is 1. The highest BCUT2D eigenvalue weighted by atomic mass is 16.5. The fourth-order valence-electron chi connectivity index (χ4n) is 3.88. The molecule has 152 valence electrons. The highest BCUT2D eigenvalue weighted by molar-refractivity contribution is 5.96. The summed E-state index contributed by atoms with van der Waals surface area (Å²) in [6, 6.07) is 15.6. The second-order valence-electron chi connectivity index (χ2n) is 7.61. The number of benzene rings is 2. The Bertz CT molecular complexity index is 886. The van der Waals surface area contributed by atoms with E-state index in [9.17, 15) is 4.79 Å². The van der Waals surface area contributed by atoms with Crippen molar-refractivity contribution < 1.29 is 23.7 Å². The third-order valence-electron chi connectivity index (χ3n) is 5.57. The van der Waals surface area contributed by atoms with Crippen LogP contribution in [0.5, 0.6) is 11.5 Å². The Labute approximate surface area is 171 Å². The first kappa shape index (κ1) is 19.5. The first-order valence-electron chi connectivity index (χ1n) is 10.0. The number of methoxy groups -OCH3 is 1. The van der Waals surface area contributed by atoms with Crippen molar-refractivity contribution in [1.29, 1.82) is 0 Å². The van der Waals surface area contributed by atoms with E-state index in [4.69, 9.17) is 18.9 Å². The van der Waals surface area contributed by atoms with E-state index in [2.05, 4.69) is 31.2 Å². The average Bonchev–Trinajstić information content (AvgIpc) is 2.75. The van der Waals surface area contributed by atoms with Gasteiger partial charge < -0.3 is 18.9 Å². The summed E-state index contributed by atoms with van der Waals surface area (Å²) in [5, 5.41) is 0. The highest BCUT2D eigenvalue weighted by Gasteiger charge is 2.41. The lowest BCUT2D eigenvalue weighted by Gasteiger charge is -2.37. The molecule has 2 aliphatic rings. The molecule has 1 aliphatic heterocycles. The van der Waals surface area contributed by atoms with Crippen LogP contribution in [-0.4, -0.2) is 25.1 Å². The highest BCUT2D eigenvalue weighted by Crippen LogP contribution is 2.36. The first-order valence-corrected chi connectivity index (χ1v) is 10.0. The summed E-state index contributed by atoms with van der Waals surface area (Å²) >= 11 is 0. The molecule has 1 saturated carbocycles. The van der Waals surface area contributed by atoms with Gasteiger partial charge in [0.25, 0.3) is 0 Å². The van der Waals surface area contributed by atoms with Gasteiger partial charge in [0, 0.05) is 6.42 Å². The van der Waals surface area contributed by atoms with Crippen LogP contribution in [0.2, 0.25) is 0 Å². The maximum Gasteiger partial charge on any atom is 0.208 e. The Morgan fingerprint density at radius 1 is 1.03 bits per heavy atom. The molecule has 0 N–H and O–H groups in total. The Hall–Kier alpha value is -2.79. The van der Waals surface area contributed by atoms with Gasteiger partial charge in [0.15, 0.2) is 11.5 Å². The number of fused-ring (bicyclic) bond motifs is 1. The van der Waals surface area contributed by atoms with Crippen molar-refractivity contribution in [3.8, 4) is 11.5 Å². The molecule has 2 aromatic carbocycles. The smallest absolute Gasteiger partial charge is 0.208 e. The van der Waals surface area contributed by atoms with Gasteiger partial charge in [-0.1, -0.05) is 42.0 Å². The van der Waals surface area contributed by atoms with Gasteiger partial charge >= 0.3 is 0 Å². The van der Waals surface area contributed by atoms with Gasteiger partial charge in [-0.3, -0.25) is 4.79 Å². The number of hydrogen-bond donors (Lipinski definition) is 0. The van der Waals surface area contributed by atoms with Crippen molar-refractivity contribution in [3.63, 3.8) is 0 Å². The maximum atomic E-state index is 12.9. The van der Waals surface area contributed by atoms with Crippen LogP contribution in [0.3, 0.4) is 0 Å². The number of carbonyl (C=O) groups is 1. The van der Waals surface area contributed by atoms with Crippen molar-refractivity contribution in [2.45, 2.75) is 45.0 Å². The Morgan fingerprint density at radius 3 is 2.55 bits per heavy atom. The van der Waals surface area contributed by atoms with E-state index in [1.54, 1.807) is 19.2 Å². The fourth-order valence-corrected chi connectivity index (χ4v) is 3.88. The predicted octanol–water partition coefficient (Wildman–Crippen LogP) is 4.58. The van der Waals surface area contributed by atoms with E-state index in [1.165, 1.54) is 11.8 Å². The van der Waals surface area contributed by atoms with Gasteiger partial charge in [-0.15, -0.1) is 0 Å². The number of carbonyl (C=O) groups excluding carboxylic acids is 1. The summed E-state index contributed by atoms with van der Waals surface area (Å²) in [5.41, 5.74) is 2.40. The van der Waals surface area contributed by atoms with Crippen LogP contribution >= 0.6 is 0 Å². The van der Waals surface area contributed by atoms with Crippen molar-refractivity contribution in [2.75, 3.05) is 7.11 Å². The number of rotatable bonds is 6. The van der Waals surface area contributed by atoms with Crippen molar-refractivity contribution >= 4 is 5.78 Å². The van der Waals surface area contributed by atoms with E-state index >= 15 is 0 Å². The molecule has 5 heteroatoms. The van der Waals surface area contributed by atoms with E-state index in [0.717, 1.165) is 18.4 Å². The molecule has 0 aromatic heterocycles. The van der Waals surface area contributed by atoms with E-state index in [-0.39, 0.29) is 29.7 Å². The molecular weight excluding hydrogens is 368 g/mol. The standard InChI is InChI=1S/C24H26O5/c1-16-7-9-17(10-8-16)14-27-18-11-12-19-22(13-18)28-15-23(24(19)25)29-21-6-4-3-5-20(21)26-2/h3-10,15,18-19,22H,11-14H2,1-2H3. The number of ketones is 1. The SMILES string of the molecule is COc1ccccc1OC1=COC2CC(OCc3ccc(C)cc3)CCC2C1=O. The molecule has 0 radical (unpaired) electrons. The van der Waals surface area contributed by atoms with Crippen LogP contribution in [0.1, 0.15) is 30.4 Å². The minimum Gasteiger partial charge on any atom is -0.493 e. The third kappa shape index (κ3) is 4.46. The van der Waals surface area contributed by atoms with Crippen LogP contribution in [0.4, 0.5) is 0 Å². The quantitative estimate of drug-likeness (QED) is 0.718. The number of aryl methyl sites for hydroxylation is 1. The van der Waals surface area contributed by atoms with Gasteiger partial charge in [-0.05, 0) is 37.5 Å². The number of allylic oxidation sites excluding steroid dienone is 1. The molecule has 29 heavy (non-hydrogen) atoms. The summed E-state index contributed by atoms with van der Waals surface area (Å²) in [7, 11) is 1.57. The summed E-state index contributed by atoms with van der Waals surface area (Å²) < 4.78 is 23.1. The molecule has 1 heterocycles. The lowest BCUT2D eigenvalue weighted by Crippen LogP contribution is -2.42. The Morgan fingerprint density at radius 2 is 1.79 bits per heavy atom. The topological polar surface area (TPSA) is 54.0 Å². The Balaban J connectivity index is 1.36. The molecule has 0 saturated heterocycles. The zero-order chi connectivity index (χ0) is 20.2. The largest absolute Gasteiger partial charge is 0.493 e. The lowest BCUT2D eigenvalue weighted by atomic mass is 9.80. The van der Waals surface area contributed by atoms with E-state index in [1.807, 2.05) is 12.1 Å². The van der Waals surface area contributed by atoms with Gasteiger partial charge in [-0.2, -0.15) is 0 Å². The van der Waals surface area contributed by atoms with Gasteiger partial charge in [0.2, 0.25) is 11.5 Å². The molecule has 0 bridgehead atoms. The molecule has 1 fully saturated rings. The van der Waals surface area contributed by atoms with Gasteiger partial charge in [-0.25, -0.2) is 0 Å². The van der Waals surface area contributed by atoms with Gasteiger partial charge in [0.1, 0.15) is 12.4 Å². The van der Waals surface area contributed by atoms with Gasteiger partial charge in [0.05, 0.1) is 25.7 Å². The molecule has 3 unspecified atom stereocenters. The van der Waals surface area contributed by atoms with Crippen LogP contribution in [0.15, 0.2) is 60.6 Å². The van der Waals surface area contributed by atoms with Crippen molar-refractivity contribution in [2.24, 2.45) is 5.92 Å². The van der Waals surface area contributed by atoms with Crippen molar-refractivity contribution in [1.82, 2.24) is 0 Å². The predicted molar refractivity (Wildman–Crippen MR) is 109 cm³/mol. The van der Waals surface area contributed by atoms with E-state index < -0.39 is 0 Å². The molecule has 0 spiro atoms. The second kappa shape index (κ2) is 8.70. The molecule has 5 nitrogen and oxygen atoms in total. The molecule has 3 atom stereocenters. The summed E-state index contributed by atoms with van der Waals surface area (Å²) in [6.07, 6.45) is 3.65. The second-order valence-corrected chi connectivity index (χ2v) is 7.61. The Kier molecular flexibility index (Phi) is 5.86. The third-order valence-corrected chi connectivity index (χ3v) is 5.57. The molecule has 0 amide bonds. The summed E-state index contributed by atoms with van der Waals surface area (Å²) in [4.78, 5) is 12.9. The first-order chi connectivity index (χ1) is 14.1. The van der Waals surface area contributed by atoms with Crippen LogP contribution in [0.25, 0.3) is 0 Å². The molecular formula is C24H26O5.